The first-order valence-electron chi connectivity index (χ1n) is 7.27. The van der Waals surface area contributed by atoms with Crippen molar-refractivity contribution < 1.29 is 18.3 Å². The minimum absolute atomic E-state index is 0.0686. The minimum atomic E-state index is -3.40. The van der Waals surface area contributed by atoms with Gasteiger partial charge in [-0.05, 0) is 42.9 Å². The number of piperidine rings is 1. The summed E-state index contributed by atoms with van der Waals surface area (Å²) in [6, 6.07) is 6.78. The van der Waals surface area contributed by atoms with E-state index in [2.05, 4.69) is 0 Å². The first-order chi connectivity index (χ1) is 10.1. The number of benzene rings is 1. The summed E-state index contributed by atoms with van der Waals surface area (Å²) in [5.41, 5.74) is 0.940. The topological polar surface area (TPSA) is 66.8 Å². The molecule has 0 amide bonds. The third kappa shape index (κ3) is 4.03. The average molecular weight is 313 g/mol. The van der Waals surface area contributed by atoms with Gasteiger partial charge in [-0.1, -0.05) is 12.1 Å². The molecule has 1 aliphatic rings. The number of hydrogen-bond donors (Lipinski definition) is 1. The van der Waals surface area contributed by atoms with Crippen LogP contribution in [-0.4, -0.2) is 51.2 Å². The summed E-state index contributed by atoms with van der Waals surface area (Å²) in [4.78, 5) is 0.328. The van der Waals surface area contributed by atoms with Crippen molar-refractivity contribution in [2.75, 3.05) is 33.4 Å². The number of rotatable bonds is 6. The van der Waals surface area contributed by atoms with Gasteiger partial charge >= 0.3 is 0 Å². The van der Waals surface area contributed by atoms with Crippen molar-refractivity contribution in [2.45, 2.75) is 24.2 Å². The van der Waals surface area contributed by atoms with E-state index in [4.69, 9.17) is 9.84 Å². The molecule has 0 aromatic heterocycles. The second-order valence-electron chi connectivity index (χ2n) is 5.42. The smallest absolute Gasteiger partial charge is 0.243 e. The van der Waals surface area contributed by atoms with E-state index in [1.165, 1.54) is 0 Å². The van der Waals surface area contributed by atoms with Crippen LogP contribution in [0.4, 0.5) is 0 Å². The lowest BCUT2D eigenvalue weighted by Crippen LogP contribution is -2.39. The summed E-state index contributed by atoms with van der Waals surface area (Å²) in [5, 5.41) is 8.88. The van der Waals surface area contributed by atoms with Gasteiger partial charge in [-0.15, -0.1) is 0 Å². The van der Waals surface area contributed by atoms with Crippen LogP contribution in [0.2, 0.25) is 0 Å². The summed E-state index contributed by atoms with van der Waals surface area (Å²) < 4.78 is 31.8. The van der Waals surface area contributed by atoms with E-state index in [1.807, 2.05) is 0 Å². The fourth-order valence-corrected chi connectivity index (χ4v) is 4.13. The molecule has 1 aliphatic heterocycles. The van der Waals surface area contributed by atoms with Gasteiger partial charge in [0.2, 0.25) is 10.0 Å². The Morgan fingerprint density at radius 1 is 1.24 bits per heavy atom. The van der Waals surface area contributed by atoms with Crippen LogP contribution < -0.4 is 0 Å². The number of aliphatic hydroxyl groups is 1. The van der Waals surface area contributed by atoms with Crippen molar-refractivity contribution in [2.24, 2.45) is 5.92 Å². The Bertz CT molecular complexity index is 533. The Morgan fingerprint density at radius 3 is 2.38 bits per heavy atom. The summed E-state index contributed by atoms with van der Waals surface area (Å²) in [7, 11) is -1.72. The predicted octanol–water partition coefficient (Wildman–Crippen LogP) is 1.27. The molecule has 1 fully saturated rings. The van der Waals surface area contributed by atoms with E-state index in [-0.39, 0.29) is 6.61 Å². The molecular formula is C15H23NO4S. The highest BCUT2D eigenvalue weighted by Gasteiger charge is 2.29. The molecule has 6 heteroatoms. The van der Waals surface area contributed by atoms with Crippen LogP contribution in [0.15, 0.2) is 29.2 Å². The Labute approximate surface area is 126 Å². The monoisotopic (exact) mass is 313 g/mol. The molecule has 118 valence electrons. The van der Waals surface area contributed by atoms with Crippen molar-refractivity contribution >= 4 is 10.0 Å². The lowest BCUT2D eigenvalue weighted by Gasteiger charge is -2.30. The van der Waals surface area contributed by atoms with Gasteiger partial charge in [0.1, 0.15) is 0 Å². The van der Waals surface area contributed by atoms with Crippen molar-refractivity contribution in [1.82, 2.24) is 4.31 Å². The van der Waals surface area contributed by atoms with Gasteiger partial charge in [-0.2, -0.15) is 4.31 Å². The highest BCUT2D eigenvalue weighted by Crippen LogP contribution is 2.24. The molecule has 0 spiro atoms. The molecule has 0 radical (unpaired) electrons. The number of sulfonamides is 1. The van der Waals surface area contributed by atoms with E-state index in [0.717, 1.165) is 18.4 Å². The van der Waals surface area contributed by atoms with Gasteiger partial charge in [0.05, 0.1) is 4.90 Å². The van der Waals surface area contributed by atoms with Crippen LogP contribution in [0, 0.1) is 5.92 Å². The molecule has 1 aromatic carbocycles. The van der Waals surface area contributed by atoms with Gasteiger partial charge in [0.15, 0.2) is 0 Å². The maximum Gasteiger partial charge on any atom is 0.243 e. The van der Waals surface area contributed by atoms with Crippen LogP contribution >= 0.6 is 0 Å². The molecule has 1 saturated heterocycles. The number of aliphatic hydroxyl groups excluding tert-OH is 1. The lowest BCUT2D eigenvalue weighted by atomic mass is 9.99. The highest BCUT2D eigenvalue weighted by atomic mass is 32.2. The van der Waals surface area contributed by atoms with Gasteiger partial charge in [-0.3, -0.25) is 0 Å². The zero-order valence-electron chi connectivity index (χ0n) is 12.4. The molecule has 0 saturated carbocycles. The number of ether oxygens (including phenoxy) is 1. The van der Waals surface area contributed by atoms with Crippen LogP contribution in [0.25, 0.3) is 0 Å². The molecule has 1 aromatic rings. The molecule has 0 aliphatic carbocycles. The molecule has 0 unspecified atom stereocenters. The standard InChI is InChI=1S/C15H23NO4S/c1-20-12-14-6-9-16(10-7-14)21(18,19)15-4-2-13(3-5-15)8-11-17/h2-5,14,17H,6-12H2,1H3. The molecule has 2 rings (SSSR count). The summed E-state index contributed by atoms with van der Waals surface area (Å²) >= 11 is 0. The van der Waals surface area contributed by atoms with Crippen LogP contribution in [0.3, 0.4) is 0 Å². The maximum atomic E-state index is 12.6. The van der Waals surface area contributed by atoms with Crippen LogP contribution in [0.5, 0.6) is 0 Å². The lowest BCUT2D eigenvalue weighted by molar-refractivity contribution is 0.121. The second-order valence-corrected chi connectivity index (χ2v) is 7.36. The van der Waals surface area contributed by atoms with E-state index in [1.54, 1.807) is 35.7 Å². The van der Waals surface area contributed by atoms with Crippen molar-refractivity contribution in [1.29, 1.82) is 0 Å². The minimum Gasteiger partial charge on any atom is -0.396 e. The van der Waals surface area contributed by atoms with Crippen LogP contribution in [-0.2, 0) is 21.2 Å². The first kappa shape index (κ1) is 16.4. The largest absolute Gasteiger partial charge is 0.396 e. The zero-order chi connectivity index (χ0) is 15.3. The Morgan fingerprint density at radius 2 is 1.86 bits per heavy atom. The zero-order valence-corrected chi connectivity index (χ0v) is 13.2. The fraction of sp³-hybridized carbons (Fsp3) is 0.600. The van der Waals surface area contributed by atoms with E-state index in [0.29, 0.717) is 36.9 Å². The van der Waals surface area contributed by atoms with E-state index in [9.17, 15) is 8.42 Å². The highest BCUT2D eigenvalue weighted by molar-refractivity contribution is 7.89. The predicted molar refractivity (Wildman–Crippen MR) is 80.6 cm³/mol. The van der Waals surface area contributed by atoms with Gasteiger partial charge in [0, 0.05) is 33.4 Å². The van der Waals surface area contributed by atoms with Crippen molar-refractivity contribution in [3.8, 4) is 0 Å². The van der Waals surface area contributed by atoms with Gasteiger partial charge in [-0.25, -0.2) is 8.42 Å². The maximum absolute atomic E-state index is 12.6. The number of nitrogens with zero attached hydrogens (tertiary/aromatic N) is 1. The third-order valence-corrected chi connectivity index (χ3v) is 5.85. The number of hydrogen-bond acceptors (Lipinski definition) is 4. The van der Waals surface area contributed by atoms with Gasteiger partial charge < -0.3 is 9.84 Å². The first-order valence-corrected chi connectivity index (χ1v) is 8.71. The Kier molecular flexibility index (Phi) is 5.75. The molecule has 5 nitrogen and oxygen atoms in total. The summed E-state index contributed by atoms with van der Waals surface area (Å²) in [6.45, 7) is 1.87. The Hall–Kier alpha value is -0.950. The molecule has 1 heterocycles. The summed E-state index contributed by atoms with van der Waals surface area (Å²) in [6.07, 6.45) is 2.23. The molecule has 0 atom stereocenters. The SMILES string of the molecule is COCC1CCN(S(=O)(=O)c2ccc(CCO)cc2)CC1. The van der Waals surface area contributed by atoms with Crippen molar-refractivity contribution in [3.05, 3.63) is 29.8 Å². The molecule has 21 heavy (non-hydrogen) atoms. The van der Waals surface area contributed by atoms with Crippen LogP contribution in [0.1, 0.15) is 18.4 Å². The summed E-state index contributed by atoms with van der Waals surface area (Å²) in [5.74, 6) is 0.452. The van der Waals surface area contributed by atoms with E-state index < -0.39 is 10.0 Å². The average Bonchev–Trinajstić information content (AvgIpc) is 2.49. The van der Waals surface area contributed by atoms with E-state index >= 15 is 0 Å². The fourth-order valence-electron chi connectivity index (χ4n) is 2.66. The Balaban J connectivity index is 2.04. The van der Waals surface area contributed by atoms with Crippen molar-refractivity contribution in [3.63, 3.8) is 0 Å². The quantitative estimate of drug-likeness (QED) is 0.859. The number of methoxy groups -OCH3 is 1. The molecule has 1 N–H and O–H groups in total. The molecular weight excluding hydrogens is 290 g/mol. The normalized spacial score (nSPS) is 18.0. The third-order valence-electron chi connectivity index (χ3n) is 3.94. The molecule has 0 bridgehead atoms. The second kappa shape index (κ2) is 7.35. The van der Waals surface area contributed by atoms with Gasteiger partial charge in [0.25, 0.3) is 0 Å².